The zero-order valence-corrected chi connectivity index (χ0v) is 17.4. The highest BCUT2D eigenvalue weighted by Crippen LogP contribution is 2.25. The molecule has 0 unspecified atom stereocenters. The molecule has 1 N–H and O–H groups in total. The summed E-state index contributed by atoms with van der Waals surface area (Å²) in [4.78, 5) is 16.5. The second kappa shape index (κ2) is 10.5. The van der Waals surface area contributed by atoms with E-state index < -0.39 is 0 Å². The van der Waals surface area contributed by atoms with Gasteiger partial charge in [0.1, 0.15) is 18.1 Å². The van der Waals surface area contributed by atoms with Crippen LogP contribution in [0.2, 0.25) is 0 Å². The van der Waals surface area contributed by atoms with Gasteiger partial charge in [-0.3, -0.25) is 4.79 Å². The van der Waals surface area contributed by atoms with Crippen LogP contribution in [-0.4, -0.2) is 28.2 Å². The van der Waals surface area contributed by atoms with Crippen molar-refractivity contribution in [2.24, 2.45) is 0 Å². The highest BCUT2D eigenvalue weighted by atomic mass is 16.5. The van der Waals surface area contributed by atoms with Gasteiger partial charge >= 0.3 is 0 Å². The molecule has 1 fully saturated rings. The summed E-state index contributed by atoms with van der Waals surface area (Å²) in [6.07, 6.45) is 13.7. The van der Waals surface area contributed by atoms with Crippen molar-refractivity contribution in [3.63, 3.8) is 0 Å². The fourth-order valence-corrected chi connectivity index (χ4v) is 3.61. The van der Waals surface area contributed by atoms with E-state index in [1.165, 1.54) is 18.9 Å². The molecule has 1 aliphatic rings. The molecular weight excluding hydrogens is 390 g/mol. The number of anilines is 1. The van der Waals surface area contributed by atoms with Crippen molar-refractivity contribution in [1.82, 2.24) is 9.55 Å². The summed E-state index contributed by atoms with van der Waals surface area (Å²) in [5.74, 6) is 1.27. The molecule has 3 aromatic rings. The molecular formula is C25H27N3O3. The molecule has 0 bridgehead atoms. The predicted molar refractivity (Wildman–Crippen MR) is 121 cm³/mol. The van der Waals surface area contributed by atoms with Crippen molar-refractivity contribution in [2.75, 3.05) is 11.9 Å². The zero-order valence-electron chi connectivity index (χ0n) is 17.4. The summed E-state index contributed by atoms with van der Waals surface area (Å²) >= 11 is 0. The number of hydrogen-bond acceptors (Lipinski definition) is 4. The maximum Gasteiger partial charge on any atom is 0.248 e. The molecule has 6 nitrogen and oxygen atoms in total. The average molecular weight is 418 g/mol. The van der Waals surface area contributed by atoms with Crippen LogP contribution in [0.15, 0.2) is 73.3 Å². The third-order valence-electron chi connectivity index (χ3n) is 5.20. The van der Waals surface area contributed by atoms with Crippen molar-refractivity contribution in [3.05, 3.63) is 78.9 Å². The normalized spacial score (nSPS) is 14.1. The summed E-state index contributed by atoms with van der Waals surface area (Å²) < 4.78 is 13.8. The SMILES string of the molecule is O=C(/C=C/c1cccc(OC2CCCC2)c1)Nc1ccccc1OCCn1ccnc1. The summed E-state index contributed by atoms with van der Waals surface area (Å²) in [6.45, 7) is 1.16. The Morgan fingerprint density at radius 2 is 2.03 bits per heavy atom. The Morgan fingerprint density at radius 1 is 1.16 bits per heavy atom. The number of amides is 1. The fraction of sp³-hybridized carbons (Fsp3) is 0.280. The molecule has 31 heavy (non-hydrogen) atoms. The number of imidazole rings is 1. The smallest absolute Gasteiger partial charge is 0.248 e. The molecule has 0 atom stereocenters. The molecule has 0 aliphatic heterocycles. The molecule has 1 aromatic heterocycles. The number of hydrogen-bond donors (Lipinski definition) is 1. The minimum absolute atomic E-state index is 0.215. The van der Waals surface area contributed by atoms with Crippen molar-refractivity contribution in [3.8, 4) is 11.5 Å². The van der Waals surface area contributed by atoms with Crippen LogP contribution in [0, 0.1) is 0 Å². The van der Waals surface area contributed by atoms with Gasteiger partial charge in [-0.25, -0.2) is 4.98 Å². The van der Waals surface area contributed by atoms with Gasteiger partial charge in [0.05, 0.1) is 24.7 Å². The number of ether oxygens (including phenoxy) is 2. The van der Waals surface area contributed by atoms with Crippen LogP contribution in [0.25, 0.3) is 6.08 Å². The maximum atomic E-state index is 12.5. The molecule has 160 valence electrons. The molecule has 0 spiro atoms. The Morgan fingerprint density at radius 3 is 2.87 bits per heavy atom. The number of carbonyl (C=O) groups excluding carboxylic acids is 1. The Labute approximate surface area is 182 Å². The molecule has 0 saturated heterocycles. The van der Waals surface area contributed by atoms with Gasteiger partial charge in [-0.1, -0.05) is 24.3 Å². The number of para-hydroxylation sites is 2. The number of benzene rings is 2. The summed E-state index contributed by atoms with van der Waals surface area (Å²) in [5, 5.41) is 2.90. The lowest BCUT2D eigenvalue weighted by Gasteiger charge is -2.13. The average Bonchev–Trinajstić information content (AvgIpc) is 3.48. The van der Waals surface area contributed by atoms with Crippen LogP contribution in [-0.2, 0) is 11.3 Å². The van der Waals surface area contributed by atoms with Gasteiger partial charge in [-0.15, -0.1) is 0 Å². The van der Waals surface area contributed by atoms with E-state index in [1.54, 1.807) is 18.6 Å². The van der Waals surface area contributed by atoms with Gasteiger partial charge in [0.15, 0.2) is 0 Å². The number of aromatic nitrogens is 2. The number of nitrogens with zero attached hydrogens (tertiary/aromatic N) is 2. The quantitative estimate of drug-likeness (QED) is 0.501. The van der Waals surface area contributed by atoms with Gasteiger partial charge in [-0.05, 0) is 61.6 Å². The van der Waals surface area contributed by atoms with E-state index in [4.69, 9.17) is 9.47 Å². The van der Waals surface area contributed by atoms with Crippen LogP contribution in [0.1, 0.15) is 31.2 Å². The minimum atomic E-state index is -0.215. The minimum Gasteiger partial charge on any atom is -0.490 e. The molecule has 1 saturated carbocycles. The summed E-state index contributed by atoms with van der Waals surface area (Å²) in [6, 6.07) is 15.3. The second-order valence-corrected chi connectivity index (χ2v) is 7.56. The topological polar surface area (TPSA) is 65.4 Å². The van der Waals surface area contributed by atoms with Gasteiger partial charge in [0, 0.05) is 18.5 Å². The first-order valence-electron chi connectivity index (χ1n) is 10.7. The molecule has 1 heterocycles. The first kappa shape index (κ1) is 20.7. The zero-order chi connectivity index (χ0) is 21.3. The highest BCUT2D eigenvalue weighted by molar-refractivity contribution is 6.02. The van der Waals surface area contributed by atoms with E-state index in [-0.39, 0.29) is 5.91 Å². The largest absolute Gasteiger partial charge is 0.490 e. The lowest BCUT2D eigenvalue weighted by molar-refractivity contribution is -0.111. The van der Waals surface area contributed by atoms with Gasteiger partial charge in [-0.2, -0.15) is 0 Å². The molecule has 4 rings (SSSR count). The van der Waals surface area contributed by atoms with E-state index in [2.05, 4.69) is 10.3 Å². The van der Waals surface area contributed by atoms with E-state index in [1.807, 2.05) is 59.3 Å². The Bertz CT molecular complexity index is 1010. The highest BCUT2D eigenvalue weighted by Gasteiger charge is 2.16. The van der Waals surface area contributed by atoms with E-state index in [0.717, 1.165) is 24.2 Å². The fourth-order valence-electron chi connectivity index (χ4n) is 3.61. The van der Waals surface area contributed by atoms with Gasteiger partial charge in [0.2, 0.25) is 5.91 Å². The Kier molecular flexibility index (Phi) is 7.00. The molecule has 0 radical (unpaired) electrons. The summed E-state index contributed by atoms with van der Waals surface area (Å²) in [5.41, 5.74) is 1.57. The van der Waals surface area contributed by atoms with Crippen molar-refractivity contribution < 1.29 is 14.3 Å². The van der Waals surface area contributed by atoms with Crippen LogP contribution >= 0.6 is 0 Å². The molecule has 1 aliphatic carbocycles. The van der Waals surface area contributed by atoms with E-state index in [0.29, 0.717) is 30.7 Å². The molecule has 2 aromatic carbocycles. The van der Waals surface area contributed by atoms with Gasteiger partial charge < -0.3 is 19.4 Å². The third-order valence-corrected chi connectivity index (χ3v) is 5.20. The predicted octanol–water partition coefficient (Wildman–Crippen LogP) is 4.94. The van der Waals surface area contributed by atoms with E-state index >= 15 is 0 Å². The van der Waals surface area contributed by atoms with Crippen molar-refractivity contribution >= 4 is 17.7 Å². The van der Waals surface area contributed by atoms with Crippen LogP contribution in [0.3, 0.4) is 0 Å². The third kappa shape index (κ3) is 6.22. The van der Waals surface area contributed by atoms with Crippen LogP contribution < -0.4 is 14.8 Å². The lowest BCUT2D eigenvalue weighted by Crippen LogP contribution is -2.11. The standard InChI is InChI=1S/C25H27N3O3/c29-25(13-12-20-6-5-9-22(18-20)31-21-7-1-2-8-21)27-23-10-3-4-11-24(23)30-17-16-28-15-14-26-19-28/h3-6,9-15,18-19,21H,1-2,7-8,16-17H2,(H,27,29)/b13-12+. The van der Waals surface area contributed by atoms with Gasteiger partial charge in [0.25, 0.3) is 0 Å². The Balaban J connectivity index is 1.32. The summed E-state index contributed by atoms with van der Waals surface area (Å²) in [7, 11) is 0. The molecule has 1 amide bonds. The Hall–Kier alpha value is -3.54. The monoisotopic (exact) mass is 417 g/mol. The van der Waals surface area contributed by atoms with Crippen molar-refractivity contribution in [1.29, 1.82) is 0 Å². The first-order chi connectivity index (χ1) is 15.3. The van der Waals surface area contributed by atoms with E-state index in [9.17, 15) is 4.79 Å². The van der Waals surface area contributed by atoms with Crippen molar-refractivity contribution in [2.45, 2.75) is 38.3 Å². The number of carbonyl (C=O) groups is 1. The lowest BCUT2D eigenvalue weighted by atomic mass is 10.2. The number of rotatable bonds is 9. The molecule has 6 heteroatoms. The second-order valence-electron chi connectivity index (χ2n) is 7.56. The van der Waals surface area contributed by atoms with Crippen LogP contribution in [0.5, 0.6) is 11.5 Å². The number of nitrogens with one attached hydrogen (secondary N) is 1. The maximum absolute atomic E-state index is 12.5. The van der Waals surface area contributed by atoms with Crippen LogP contribution in [0.4, 0.5) is 5.69 Å². The first-order valence-corrected chi connectivity index (χ1v) is 10.7.